The Kier molecular flexibility index (Phi) is 7.17. The second kappa shape index (κ2) is 10.5. The molecule has 3 aromatic carbocycles. The standard InChI is InChI=1S/C30H31N3O4S/c1-19(2)14-21-6-5-7-23(15-21)37-24-12-13-25-26(16-24)33(4)27(31-25)18-36-22-10-8-20(9-11-22)17-30(3)28(34)32-29(35)38-30/h5-13,15-16,19H,14,17-18H2,1-4H3,(H,32,34,35). The number of carbonyl (C=O) groups is 2. The second-order valence-electron chi connectivity index (χ2n) is 10.3. The van der Waals surface area contributed by atoms with Gasteiger partial charge in [0.1, 0.15) is 34.4 Å². The van der Waals surface area contributed by atoms with Gasteiger partial charge < -0.3 is 14.0 Å². The van der Waals surface area contributed by atoms with E-state index < -0.39 is 4.75 Å². The molecule has 196 valence electrons. The van der Waals surface area contributed by atoms with Crippen LogP contribution in [-0.2, 0) is 31.3 Å². The number of nitrogens with zero attached hydrogens (tertiary/aromatic N) is 2. The number of carbonyl (C=O) groups excluding carboxylic acids is 2. The van der Waals surface area contributed by atoms with Gasteiger partial charge in [-0.2, -0.15) is 0 Å². The third-order valence-electron chi connectivity index (χ3n) is 6.57. The average molecular weight is 530 g/mol. The Morgan fingerprint density at radius 1 is 0.974 bits per heavy atom. The summed E-state index contributed by atoms with van der Waals surface area (Å²) in [5, 5.41) is 2.06. The van der Waals surface area contributed by atoms with Crippen LogP contribution in [0.1, 0.15) is 37.7 Å². The van der Waals surface area contributed by atoms with E-state index in [-0.39, 0.29) is 11.1 Å². The molecule has 5 rings (SSSR count). The summed E-state index contributed by atoms with van der Waals surface area (Å²) in [6, 6.07) is 21.7. The lowest BCUT2D eigenvalue weighted by Gasteiger charge is -2.18. The minimum atomic E-state index is -0.786. The molecule has 1 atom stereocenters. The highest BCUT2D eigenvalue weighted by Crippen LogP contribution is 2.35. The number of hydrogen-bond acceptors (Lipinski definition) is 6. The topological polar surface area (TPSA) is 82.5 Å². The molecule has 2 heterocycles. The number of imide groups is 1. The number of benzene rings is 3. The van der Waals surface area contributed by atoms with Gasteiger partial charge in [0.15, 0.2) is 0 Å². The highest BCUT2D eigenvalue weighted by atomic mass is 32.2. The third kappa shape index (κ3) is 5.70. The third-order valence-corrected chi connectivity index (χ3v) is 7.64. The Hall–Kier alpha value is -3.78. The summed E-state index contributed by atoms with van der Waals surface area (Å²) in [5.41, 5.74) is 4.06. The Morgan fingerprint density at radius 3 is 2.42 bits per heavy atom. The zero-order chi connectivity index (χ0) is 26.9. The van der Waals surface area contributed by atoms with Crippen LogP contribution in [0.5, 0.6) is 17.2 Å². The molecular formula is C30H31N3O4S. The van der Waals surface area contributed by atoms with E-state index in [1.54, 1.807) is 6.92 Å². The molecule has 2 amide bonds. The summed E-state index contributed by atoms with van der Waals surface area (Å²) in [7, 11) is 1.97. The van der Waals surface area contributed by atoms with Crippen molar-refractivity contribution in [3.8, 4) is 17.2 Å². The number of fused-ring (bicyclic) bond motifs is 1. The predicted octanol–water partition coefficient (Wildman–Crippen LogP) is 6.43. The summed E-state index contributed by atoms with van der Waals surface area (Å²) in [6.45, 7) is 6.52. The second-order valence-corrected chi connectivity index (χ2v) is 11.7. The molecule has 1 N–H and O–H groups in total. The molecule has 0 bridgehead atoms. The molecule has 1 aromatic heterocycles. The molecule has 8 heteroatoms. The molecule has 1 aliphatic heterocycles. The highest BCUT2D eigenvalue weighted by Gasteiger charge is 2.43. The number of hydrogen-bond donors (Lipinski definition) is 1. The number of rotatable bonds is 9. The van der Waals surface area contributed by atoms with Crippen molar-refractivity contribution in [2.24, 2.45) is 13.0 Å². The van der Waals surface area contributed by atoms with E-state index in [4.69, 9.17) is 14.5 Å². The van der Waals surface area contributed by atoms with Crippen LogP contribution in [0.4, 0.5) is 4.79 Å². The molecule has 1 unspecified atom stereocenters. The van der Waals surface area contributed by atoms with Crippen molar-refractivity contribution < 1.29 is 19.1 Å². The lowest BCUT2D eigenvalue weighted by Crippen LogP contribution is -2.35. The molecule has 0 radical (unpaired) electrons. The van der Waals surface area contributed by atoms with E-state index in [1.165, 1.54) is 5.56 Å². The Morgan fingerprint density at radius 2 is 1.71 bits per heavy atom. The normalized spacial score (nSPS) is 17.3. The van der Waals surface area contributed by atoms with Gasteiger partial charge in [-0.25, -0.2) is 4.98 Å². The SMILES string of the molecule is CC(C)Cc1cccc(Oc2ccc3nc(COc4ccc(CC5(C)SC(=O)NC5=O)cc4)n(C)c3c2)c1. The van der Waals surface area contributed by atoms with E-state index in [2.05, 4.69) is 31.3 Å². The van der Waals surface area contributed by atoms with Crippen LogP contribution >= 0.6 is 11.8 Å². The number of aromatic nitrogens is 2. The fourth-order valence-electron chi connectivity index (χ4n) is 4.61. The van der Waals surface area contributed by atoms with Gasteiger partial charge in [-0.1, -0.05) is 38.1 Å². The number of imidazole rings is 1. The van der Waals surface area contributed by atoms with E-state index >= 15 is 0 Å². The summed E-state index contributed by atoms with van der Waals surface area (Å²) in [4.78, 5) is 28.4. The van der Waals surface area contributed by atoms with E-state index in [0.29, 0.717) is 24.7 Å². The molecule has 1 aliphatic rings. The number of amides is 2. The first-order valence-corrected chi connectivity index (χ1v) is 13.5. The molecule has 0 saturated carbocycles. The largest absolute Gasteiger partial charge is 0.486 e. The van der Waals surface area contributed by atoms with Gasteiger partial charge in [0.25, 0.3) is 5.24 Å². The van der Waals surface area contributed by atoms with Crippen molar-refractivity contribution in [1.82, 2.24) is 14.9 Å². The minimum Gasteiger partial charge on any atom is -0.486 e. The molecular weight excluding hydrogens is 498 g/mol. The number of nitrogens with one attached hydrogen (secondary N) is 1. The smallest absolute Gasteiger partial charge is 0.286 e. The lowest BCUT2D eigenvalue weighted by atomic mass is 9.99. The molecule has 1 saturated heterocycles. The molecule has 4 aromatic rings. The zero-order valence-electron chi connectivity index (χ0n) is 22.0. The van der Waals surface area contributed by atoms with Gasteiger partial charge >= 0.3 is 0 Å². The fraction of sp³-hybridized carbons (Fsp3) is 0.300. The molecule has 0 aliphatic carbocycles. The van der Waals surface area contributed by atoms with Crippen LogP contribution in [-0.4, -0.2) is 25.4 Å². The summed E-state index contributed by atoms with van der Waals surface area (Å²) in [6.07, 6.45) is 1.48. The zero-order valence-corrected chi connectivity index (χ0v) is 22.8. The van der Waals surface area contributed by atoms with Crippen LogP contribution in [0.2, 0.25) is 0 Å². The van der Waals surface area contributed by atoms with Crippen LogP contribution in [0.25, 0.3) is 11.0 Å². The van der Waals surface area contributed by atoms with Gasteiger partial charge in [0, 0.05) is 13.1 Å². The highest BCUT2D eigenvalue weighted by molar-refractivity contribution is 8.16. The first kappa shape index (κ1) is 25.9. The van der Waals surface area contributed by atoms with Crippen molar-refractivity contribution in [1.29, 1.82) is 0 Å². The van der Waals surface area contributed by atoms with Gasteiger partial charge in [0.2, 0.25) is 5.91 Å². The molecule has 1 fully saturated rings. The maximum atomic E-state index is 12.1. The van der Waals surface area contributed by atoms with E-state index in [1.807, 2.05) is 66.2 Å². The van der Waals surface area contributed by atoms with Crippen LogP contribution in [0.3, 0.4) is 0 Å². The molecule has 0 spiro atoms. The van der Waals surface area contributed by atoms with Crippen molar-refractivity contribution in [2.75, 3.05) is 0 Å². The van der Waals surface area contributed by atoms with E-state index in [0.717, 1.165) is 52.1 Å². The van der Waals surface area contributed by atoms with Gasteiger partial charge in [-0.15, -0.1) is 0 Å². The Balaban J connectivity index is 1.24. The van der Waals surface area contributed by atoms with Gasteiger partial charge in [-0.3, -0.25) is 14.9 Å². The number of thioether (sulfide) groups is 1. The maximum Gasteiger partial charge on any atom is 0.286 e. The quantitative estimate of drug-likeness (QED) is 0.269. The van der Waals surface area contributed by atoms with E-state index in [9.17, 15) is 9.59 Å². The summed E-state index contributed by atoms with van der Waals surface area (Å²) < 4.78 is 13.4. The fourth-order valence-corrected chi connectivity index (χ4v) is 5.55. The van der Waals surface area contributed by atoms with Crippen molar-refractivity contribution in [3.63, 3.8) is 0 Å². The van der Waals surface area contributed by atoms with Crippen LogP contribution in [0, 0.1) is 5.92 Å². The molecule has 38 heavy (non-hydrogen) atoms. The predicted molar refractivity (Wildman–Crippen MR) is 150 cm³/mol. The molecule has 7 nitrogen and oxygen atoms in total. The summed E-state index contributed by atoms with van der Waals surface area (Å²) in [5.74, 6) is 3.42. The monoisotopic (exact) mass is 529 g/mol. The number of ether oxygens (including phenoxy) is 2. The van der Waals surface area contributed by atoms with Crippen molar-refractivity contribution in [3.05, 3.63) is 83.7 Å². The first-order valence-electron chi connectivity index (χ1n) is 12.7. The van der Waals surface area contributed by atoms with Crippen molar-refractivity contribution >= 4 is 33.9 Å². The van der Waals surface area contributed by atoms with Gasteiger partial charge in [-0.05, 0) is 85.0 Å². The van der Waals surface area contributed by atoms with Crippen LogP contribution < -0.4 is 14.8 Å². The minimum absolute atomic E-state index is 0.247. The summed E-state index contributed by atoms with van der Waals surface area (Å²) >= 11 is 1.04. The number of aryl methyl sites for hydroxylation is 1. The van der Waals surface area contributed by atoms with Crippen LogP contribution in [0.15, 0.2) is 66.7 Å². The average Bonchev–Trinajstić information content (AvgIpc) is 3.31. The first-order chi connectivity index (χ1) is 18.2. The Labute approximate surface area is 226 Å². The Bertz CT molecular complexity index is 1500. The van der Waals surface area contributed by atoms with Crippen molar-refractivity contribution in [2.45, 2.75) is 45.0 Å². The maximum absolute atomic E-state index is 12.1. The lowest BCUT2D eigenvalue weighted by molar-refractivity contribution is -0.121. The van der Waals surface area contributed by atoms with Gasteiger partial charge in [0.05, 0.1) is 11.0 Å².